The maximum absolute atomic E-state index is 10.7. The average Bonchev–Trinajstić information content (AvgIpc) is 2.13. The van der Waals surface area contributed by atoms with Crippen LogP contribution in [0.5, 0.6) is 0 Å². The SMILES string of the molecule is COOC(=O)CCCCC(=O)OOC. The van der Waals surface area contributed by atoms with E-state index in [0.717, 1.165) is 0 Å². The van der Waals surface area contributed by atoms with E-state index in [1.165, 1.54) is 14.2 Å². The molecule has 0 bridgehead atoms. The molecule has 0 aromatic rings. The maximum Gasteiger partial charge on any atom is 0.342 e. The lowest BCUT2D eigenvalue weighted by molar-refractivity contribution is -0.256. The van der Waals surface area contributed by atoms with Crippen LogP contribution in [0.3, 0.4) is 0 Å². The van der Waals surface area contributed by atoms with Crippen LogP contribution in [-0.4, -0.2) is 26.2 Å². The molecule has 0 aliphatic carbocycles. The number of rotatable bonds is 7. The summed E-state index contributed by atoms with van der Waals surface area (Å²) in [6, 6.07) is 0. The Labute approximate surface area is 81.9 Å². The third kappa shape index (κ3) is 7.51. The van der Waals surface area contributed by atoms with Crippen molar-refractivity contribution < 1.29 is 29.1 Å². The summed E-state index contributed by atoms with van der Waals surface area (Å²) in [5.41, 5.74) is 0. The first-order chi connectivity index (χ1) is 6.70. The highest BCUT2D eigenvalue weighted by molar-refractivity contribution is 5.69. The second-order valence-corrected chi connectivity index (χ2v) is 2.45. The fourth-order valence-electron chi connectivity index (χ4n) is 0.808. The van der Waals surface area contributed by atoms with Crippen LogP contribution in [0.1, 0.15) is 25.7 Å². The summed E-state index contributed by atoms with van der Waals surface area (Å²) in [5, 5.41) is 0. The predicted octanol–water partition coefficient (Wildman–Crippen LogP) is 0.756. The van der Waals surface area contributed by atoms with Crippen LogP contribution in [0.2, 0.25) is 0 Å². The smallest absolute Gasteiger partial charge is 0.299 e. The van der Waals surface area contributed by atoms with Gasteiger partial charge in [0.05, 0.1) is 14.2 Å². The molecule has 6 heteroatoms. The van der Waals surface area contributed by atoms with Gasteiger partial charge in [-0.1, -0.05) is 0 Å². The van der Waals surface area contributed by atoms with Crippen molar-refractivity contribution in [2.75, 3.05) is 14.2 Å². The Hall–Kier alpha value is -1.14. The standard InChI is InChI=1S/C8H14O6/c1-11-13-7(9)5-3-4-6-8(10)14-12-2/h3-6H2,1-2H3. The maximum atomic E-state index is 10.7. The van der Waals surface area contributed by atoms with Crippen molar-refractivity contribution >= 4 is 11.9 Å². The van der Waals surface area contributed by atoms with Crippen molar-refractivity contribution in [3.63, 3.8) is 0 Å². The Balaban J connectivity index is 3.28. The summed E-state index contributed by atoms with van der Waals surface area (Å²) in [7, 11) is 2.52. The third-order valence-corrected chi connectivity index (χ3v) is 1.36. The summed E-state index contributed by atoms with van der Waals surface area (Å²) in [6.07, 6.45) is 1.52. The van der Waals surface area contributed by atoms with Crippen LogP contribution >= 0.6 is 0 Å². The van der Waals surface area contributed by atoms with Crippen molar-refractivity contribution in [3.8, 4) is 0 Å². The summed E-state index contributed by atoms with van der Waals surface area (Å²) in [5.74, 6) is -0.903. The molecule has 0 spiro atoms. The molecule has 0 aliphatic heterocycles. The number of carbonyl (C=O) groups excluding carboxylic acids is 2. The molecule has 0 amide bonds. The van der Waals surface area contributed by atoms with Gasteiger partial charge in [0.25, 0.3) is 0 Å². The van der Waals surface area contributed by atoms with Crippen LogP contribution < -0.4 is 0 Å². The van der Waals surface area contributed by atoms with Gasteiger partial charge in [-0.15, -0.1) is 0 Å². The quantitative estimate of drug-likeness (QED) is 0.348. The second kappa shape index (κ2) is 8.46. The molecule has 0 aliphatic rings. The molecule has 0 saturated heterocycles. The minimum atomic E-state index is -0.451. The molecule has 0 heterocycles. The van der Waals surface area contributed by atoms with E-state index in [9.17, 15) is 9.59 Å². The Morgan fingerprint density at radius 1 is 0.857 bits per heavy atom. The predicted molar refractivity (Wildman–Crippen MR) is 44.7 cm³/mol. The van der Waals surface area contributed by atoms with Crippen LogP contribution in [0, 0.1) is 0 Å². The summed E-state index contributed by atoms with van der Waals surface area (Å²) >= 11 is 0. The zero-order valence-corrected chi connectivity index (χ0v) is 8.28. The molecule has 0 aromatic heterocycles. The van der Waals surface area contributed by atoms with E-state index < -0.39 is 11.9 Å². The van der Waals surface area contributed by atoms with E-state index in [1.54, 1.807) is 0 Å². The van der Waals surface area contributed by atoms with Crippen molar-refractivity contribution in [2.24, 2.45) is 0 Å². The Morgan fingerprint density at radius 3 is 1.50 bits per heavy atom. The normalized spacial score (nSPS) is 9.57. The van der Waals surface area contributed by atoms with E-state index in [1.807, 2.05) is 0 Å². The van der Waals surface area contributed by atoms with Crippen molar-refractivity contribution in [2.45, 2.75) is 25.7 Å². The first kappa shape index (κ1) is 12.9. The minimum Gasteiger partial charge on any atom is -0.299 e. The number of hydrogen-bond donors (Lipinski definition) is 0. The zero-order valence-electron chi connectivity index (χ0n) is 8.28. The number of carbonyl (C=O) groups is 2. The Bertz CT molecular complexity index is 159. The number of hydrogen-bond acceptors (Lipinski definition) is 6. The van der Waals surface area contributed by atoms with Gasteiger partial charge in [0, 0.05) is 12.8 Å². The lowest BCUT2D eigenvalue weighted by Gasteiger charge is -2.00. The molecule has 0 saturated carbocycles. The van der Waals surface area contributed by atoms with E-state index in [4.69, 9.17) is 0 Å². The fraction of sp³-hybridized carbons (Fsp3) is 0.750. The highest BCUT2D eigenvalue weighted by Crippen LogP contribution is 2.02. The molecule has 0 unspecified atom stereocenters. The summed E-state index contributed by atoms with van der Waals surface area (Å²) < 4.78 is 0. The Morgan fingerprint density at radius 2 is 1.21 bits per heavy atom. The lowest BCUT2D eigenvalue weighted by Crippen LogP contribution is -2.05. The van der Waals surface area contributed by atoms with Gasteiger partial charge in [-0.2, -0.15) is 9.78 Å². The molecule has 0 N–H and O–H groups in total. The van der Waals surface area contributed by atoms with Crippen LogP contribution in [-0.2, 0) is 29.1 Å². The third-order valence-electron chi connectivity index (χ3n) is 1.36. The molecule has 14 heavy (non-hydrogen) atoms. The molecule has 0 rings (SSSR count). The van der Waals surface area contributed by atoms with E-state index in [0.29, 0.717) is 12.8 Å². The van der Waals surface area contributed by atoms with Crippen LogP contribution in [0.4, 0.5) is 0 Å². The molecule has 0 aromatic carbocycles. The number of unbranched alkanes of at least 4 members (excludes halogenated alkanes) is 1. The monoisotopic (exact) mass is 206 g/mol. The second-order valence-electron chi connectivity index (χ2n) is 2.45. The summed E-state index contributed by atoms with van der Waals surface area (Å²) in [6.45, 7) is 0. The molecular formula is C8H14O6. The van der Waals surface area contributed by atoms with Gasteiger partial charge in [0.2, 0.25) is 0 Å². The van der Waals surface area contributed by atoms with Crippen molar-refractivity contribution in [3.05, 3.63) is 0 Å². The van der Waals surface area contributed by atoms with Gasteiger partial charge in [-0.05, 0) is 12.8 Å². The van der Waals surface area contributed by atoms with Gasteiger partial charge in [-0.25, -0.2) is 9.59 Å². The molecule has 6 nitrogen and oxygen atoms in total. The highest BCUT2D eigenvalue weighted by Gasteiger charge is 2.06. The Kier molecular flexibility index (Phi) is 7.77. The van der Waals surface area contributed by atoms with Crippen LogP contribution in [0.25, 0.3) is 0 Å². The first-order valence-electron chi connectivity index (χ1n) is 4.17. The van der Waals surface area contributed by atoms with Gasteiger partial charge < -0.3 is 0 Å². The zero-order chi connectivity index (χ0) is 10.8. The van der Waals surface area contributed by atoms with Crippen molar-refractivity contribution in [1.29, 1.82) is 0 Å². The van der Waals surface area contributed by atoms with Gasteiger partial charge in [0.15, 0.2) is 0 Å². The molecule has 0 fully saturated rings. The van der Waals surface area contributed by atoms with Crippen LogP contribution in [0.15, 0.2) is 0 Å². The minimum absolute atomic E-state index is 0.216. The first-order valence-corrected chi connectivity index (χ1v) is 4.17. The molecule has 0 atom stereocenters. The fourth-order valence-corrected chi connectivity index (χ4v) is 0.808. The van der Waals surface area contributed by atoms with E-state index in [-0.39, 0.29) is 12.8 Å². The average molecular weight is 206 g/mol. The molecular weight excluding hydrogens is 192 g/mol. The van der Waals surface area contributed by atoms with E-state index >= 15 is 0 Å². The van der Waals surface area contributed by atoms with Gasteiger partial charge in [-0.3, -0.25) is 9.78 Å². The summed E-state index contributed by atoms with van der Waals surface area (Å²) in [4.78, 5) is 38.2. The molecule has 82 valence electrons. The van der Waals surface area contributed by atoms with Crippen molar-refractivity contribution in [1.82, 2.24) is 0 Å². The lowest BCUT2D eigenvalue weighted by atomic mass is 10.2. The highest BCUT2D eigenvalue weighted by atomic mass is 17.2. The topological polar surface area (TPSA) is 71.1 Å². The largest absolute Gasteiger partial charge is 0.342 e. The van der Waals surface area contributed by atoms with Gasteiger partial charge in [0.1, 0.15) is 0 Å². The van der Waals surface area contributed by atoms with Gasteiger partial charge >= 0.3 is 11.9 Å². The molecule has 0 radical (unpaired) electrons. The van der Waals surface area contributed by atoms with E-state index in [2.05, 4.69) is 19.6 Å².